The molecule has 0 atom stereocenters. The van der Waals surface area contributed by atoms with E-state index in [1.807, 2.05) is 46.9 Å². The van der Waals surface area contributed by atoms with Gasteiger partial charge in [-0.1, -0.05) is 243 Å². The van der Waals surface area contributed by atoms with Crippen molar-refractivity contribution in [2.45, 2.75) is 169 Å². The number of benzene rings is 16. The van der Waals surface area contributed by atoms with Crippen LogP contribution < -0.4 is 0 Å². The average molecular weight is 1750 g/mol. The first-order valence-corrected chi connectivity index (χ1v) is 45.8. The van der Waals surface area contributed by atoms with Gasteiger partial charge in [0.05, 0.1) is 44.0 Å². The molecule has 0 aliphatic heterocycles. The van der Waals surface area contributed by atoms with Gasteiger partial charge in [0, 0.05) is 188 Å². The number of para-hydroxylation sites is 9. The first-order valence-electron chi connectivity index (χ1n) is 44.1. The van der Waals surface area contributed by atoms with Gasteiger partial charge in [0.15, 0.2) is 0 Å². The molecule has 658 valence electrons. The molecule has 10 heteroatoms. The van der Waals surface area contributed by atoms with E-state index < -0.39 is 0 Å². The molecule has 0 saturated carbocycles. The first kappa shape index (κ1) is 89.3. The molecule has 8 nitrogen and oxygen atoms in total. The fourth-order valence-electron chi connectivity index (χ4n) is 20.7. The molecule has 0 N–H and O–H groups in total. The molecule has 0 radical (unpaired) electrons. The Labute approximate surface area is 776 Å². The first-order chi connectivity index (χ1) is 60.7. The van der Waals surface area contributed by atoms with E-state index in [1.54, 1.807) is 0 Å². The maximum absolute atomic E-state index is 6.29. The third-order valence-corrected chi connectivity index (χ3v) is 27.9. The van der Waals surface area contributed by atoms with Gasteiger partial charge in [0.2, 0.25) is 0 Å². The number of fused-ring (bicyclic) bond motifs is 32. The second kappa shape index (κ2) is 33.1. The summed E-state index contributed by atoms with van der Waals surface area (Å²) in [7, 11) is 0. The van der Waals surface area contributed by atoms with Gasteiger partial charge in [0.1, 0.15) is 22.3 Å². The van der Waals surface area contributed by atoms with Crippen molar-refractivity contribution in [3.05, 3.63) is 334 Å². The lowest BCUT2D eigenvalue weighted by Crippen LogP contribution is -2.21. The predicted octanol–water partition coefficient (Wildman–Crippen LogP) is 37.6. The maximum Gasteiger partial charge on any atom is 0.145 e. The highest BCUT2D eigenvalue weighted by molar-refractivity contribution is 7.27. The molecule has 0 bridgehead atoms. The number of hydrogen-bond donors (Lipinski definition) is 0. The molecule has 10 heterocycles. The van der Waals surface area contributed by atoms with E-state index in [9.17, 15) is 0 Å². The Balaban J connectivity index is 0.000000114. The zero-order valence-electron chi connectivity index (χ0n) is 74.1. The number of hydrogen-bond acceptors (Lipinski definition) is 4. The SMILES string of the molecule is C.C.C.C.C.CC(C)(C)n1c2ccccc2c2c3oc4ccccc4c3ccc21.CC(C)(C)n1c2ccccc2c2c3sc4ccccc4c3ccc21.CC(C)(C)n1c2ccccc2c2cc3c(cc21)oc1ccccc13.CC(C)(C)n1c2ccccc2c2cc3c(cc21)sc1ccccc13.CC(C)(C)n1c2ccccc2c2cc3c4ccccc4n(-c4ccccc4)c3cc21. The molecule has 0 spiro atoms. The summed E-state index contributed by atoms with van der Waals surface area (Å²) in [6, 6.07) is 120. The zero-order chi connectivity index (χ0) is 86.4. The van der Waals surface area contributed by atoms with Crippen molar-refractivity contribution in [2.75, 3.05) is 0 Å². The van der Waals surface area contributed by atoms with Crippen molar-refractivity contribution in [2.24, 2.45) is 0 Å². The minimum atomic E-state index is -0.0153. The van der Waals surface area contributed by atoms with E-state index in [1.165, 1.54) is 198 Å². The van der Waals surface area contributed by atoms with Crippen LogP contribution in [0.25, 0.3) is 221 Å². The molecule has 131 heavy (non-hydrogen) atoms. The largest absolute Gasteiger partial charge is 0.456 e. The summed E-state index contributed by atoms with van der Waals surface area (Å²) in [6.07, 6.45) is 0. The number of thiophene rings is 2. The van der Waals surface area contributed by atoms with Crippen molar-refractivity contribution in [1.82, 2.24) is 27.4 Å². The lowest BCUT2D eigenvalue weighted by atomic mass is 10.1. The van der Waals surface area contributed by atoms with Crippen molar-refractivity contribution in [3.8, 4) is 5.69 Å². The second-order valence-electron chi connectivity index (χ2n) is 39.0. The summed E-state index contributed by atoms with van der Waals surface area (Å²) in [6.45, 7) is 34.1. The number of nitrogens with zero attached hydrogens (tertiary/aromatic N) is 6. The molecular formula is C121H120N6O2S2. The van der Waals surface area contributed by atoms with Gasteiger partial charge in [0.25, 0.3) is 0 Å². The summed E-state index contributed by atoms with van der Waals surface area (Å²) < 4.78 is 32.6. The Morgan fingerprint density at radius 3 is 1.02 bits per heavy atom. The Morgan fingerprint density at radius 1 is 0.191 bits per heavy atom. The van der Waals surface area contributed by atoms with Crippen LogP contribution in [0, 0.1) is 0 Å². The number of rotatable bonds is 1. The smallest absolute Gasteiger partial charge is 0.145 e. The predicted molar refractivity (Wildman–Crippen MR) is 581 cm³/mol. The van der Waals surface area contributed by atoms with Crippen molar-refractivity contribution >= 4 is 238 Å². The van der Waals surface area contributed by atoms with E-state index in [-0.39, 0.29) is 64.8 Å². The molecule has 0 aliphatic rings. The fourth-order valence-corrected chi connectivity index (χ4v) is 23.1. The Bertz CT molecular complexity index is 8430. The summed E-state index contributed by atoms with van der Waals surface area (Å²) >= 11 is 3.81. The molecule has 26 aromatic rings. The van der Waals surface area contributed by atoms with Crippen LogP contribution in [0.2, 0.25) is 0 Å². The van der Waals surface area contributed by atoms with Crippen LogP contribution in [0.3, 0.4) is 0 Å². The highest BCUT2D eigenvalue weighted by Crippen LogP contribution is 2.49. The van der Waals surface area contributed by atoms with Crippen LogP contribution in [-0.2, 0) is 27.7 Å². The molecular weight excluding hydrogens is 1630 g/mol. The number of aromatic nitrogens is 6. The standard InChI is InChI=1S/C28H24N2.2C22H19NO.2C22H19NS.5CH4/c1-28(2,3)30-25-16-10-8-14-21(25)23-17-22-20-13-7-9-15-24(20)29(26(22)18-27(23)30)19-11-5-4-6-12-19;1-22(2,3)23-17-10-6-4-9-16(17)20-18(23)13-12-15-14-8-5-7-11-19(14)24-21(15)20;1-22(2,3)23-18-10-6-4-8-14(18)16-12-17-15-9-5-7-11-20(15)24-21(17)13-19(16)23;1-22(2,3)23-17-10-6-4-9-16(17)20-18(23)13-12-15-14-8-5-7-11-19(14)24-21(15)20;1-22(2,3)23-18-10-6-4-8-14(18)16-12-17-15-9-5-7-11-20(15)24-21(17)13-19(16)23;;;;;/h4-18H,1-3H3;4*4-13H,1-3H3;5*1H4. The summed E-state index contributed by atoms with van der Waals surface area (Å²) in [5.74, 6) is 0. The molecule has 10 aromatic heterocycles. The highest BCUT2D eigenvalue weighted by atomic mass is 32.1. The van der Waals surface area contributed by atoms with E-state index in [0.717, 1.165) is 22.3 Å². The van der Waals surface area contributed by atoms with Crippen LogP contribution >= 0.6 is 22.7 Å². The minimum Gasteiger partial charge on any atom is -0.456 e. The molecule has 16 aromatic carbocycles. The minimum absolute atomic E-state index is 0. The van der Waals surface area contributed by atoms with Crippen LogP contribution in [0.1, 0.15) is 141 Å². The molecule has 0 aliphatic carbocycles. The maximum atomic E-state index is 6.29. The number of furan rings is 2. The zero-order valence-corrected chi connectivity index (χ0v) is 75.7. The van der Waals surface area contributed by atoms with Gasteiger partial charge < -0.3 is 36.2 Å². The van der Waals surface area contributed by atoms with E-state index in [0.29, 0.717) is 0 Å². The molecule has 26 rings (SSSR count). The van der Waals surface area contributed by atoms with Gasteiger partial charge in [-0.2, -0.15) is 0 Å². The third kappa shape index (κ3) is 14.5. The summed E-state index contributed by atoms with van der Waals surface area (Å²) in [4.78, 5) is 0. The van der Waals surface area contributed by atoms with Crippen molar-refractivity contribution in [1.29, 1.82) is 0 Å². The summed E-state index contributed by atoms with van der Waals surface area (Å²) in [5, 5.41) is 26.0. The second-order valence-corrected chi connectivity index (χ2v) is 41.1. The summed E-state index contributed by atoms with van der Waals surface area (Å²) in [5.41, 5.74) is 20.5. The lowest BCUT2D eigenvalue weighted by molar-refractivity contribution is 0.423. The van der Waals surface area contributed by atoms with Crippen molar-refractivity contribution < 1.29 is 8.83 Å². The third-order valence-electron chi connectivity index (χ3n) is 25.5. The highest BCUT2D eigenvalue weighted by Gasteiger charge is 2.30. The van der Waals surface area contributed by atoms with Gasteiger partial charge in [-0.25, -0.2) is 0 Å². The lowest BCUT2D eigenvalue weighted by Gasteiger charge is -2.24. The molecule has 0 saturated heterocycles. The van der Waals surface area contributed by atoms with Crippen molar-refractivity contribution in [3.63, 3.8) is 0 Å². The molecule has 0 amide bonds. The van der Waals surface area contributed by atoms with Gasteiger partial charge in [-0.15, -0.1) is 22.7 Å². The average Bonchev–Trinajstić information content (AvgIpc) is 1.58. The Morgan fingerprint density at radius 2 is 0.519 bits per heavy atom. The van der Waals surface area contributed by atoms with Crippen LogP contribution in [0.4, 0.5) is 0 Å². The van der Waals surface area contributed by atoms with Gasteiger partial charge >= 0.3 is 0 Å². The van der Waals surface area contributed by atoms with Gasteiger partial charge in [-0.05, 0) is 225 Å². The van der Waals surface area contributed by atoms with Crippen LogP contribution in [-0.4, -0.2) is 27.4 Å². The van der Waals surface area contributed by atoms with E-state index in [4.69, 9.17) is 8.83 Å². The van der Waals surface area contributed by atoms with E-state index in [2.05, 4.69) is 441 Å². The monoisotopic (exact) mass is 1750 g/mol. The normalized spacial score (nSPS) is 12.2. The quantitative estimate of drug-likeness (QED) is 0.164. The topological polar surface area (TPSA) is 55.9 Å². The molecule has 0 unspecified atom stereocenters. The fraction of sp³-hybridized carbons (Fsp3) is 0.207. The van der Waals surface area contributed by atoms with Crippen LogP contribution in [0.5, 0.6) is 0 Å². The van der Waals surface area contributed by atoms with E-state index >= 15 is 0 Å². The Kier molecular flexibility index (Phi) is 22.6. The molecule has 0 fully saturated rings. The van der Waals surface area contributed by atoms with Gasteiger partial charge in [-0.3, -0.25) is 0 Å². The van der Waals surface area contributed by atoms with Crippen LogP contribution in [0.15, 0.2) is 342 Å². The Hall–Kier alpha value is -13.6.